The van der Waals surface area contributed by atoms with Crippen molar-refractivity contribution in [3.63, 3.8) is 0 Å². The predicted molar refractivity (Wildman–Crippen MR) is 98.1 cm³/mol. The maximum Gasteiger partial charge on any atom is 0.255 e. The Kier molecular flexibility index (Phi) is 5.34. The summed E-state index contributed by atoms with van der Waals surface area (Å²) in [7, 11) is 0. The average Bonchev–Trinajstić information content (AvgIpc) is 2.58. The summed E-state index contributed by atoms with van der Waals surface area (Å²) in [4.78, 5) is 12.3. The Bertz CT molecular complexity index is 654. The summed E-state index contributed by atoms with van der Waals surface area (Å²) in [6.07, 6.45) is 1.28. The van der Waals surface area contributed by atoms with E-state index in [1.807, 2.05) is 47.8 Å². The molecular formula is C17H16ClNOS2. The summed E-state index contributed by atoms with van der Waals surface area (Å²) in [5.74, 6) is 2.29. The molecule has 0 aliphatic carbocycles. The Hall–Kier alpha value is -1.10. The van der Waals surface area contributed by atoms with Gasteiger partial charge in [0.05, 0.1) is 15.3 Å². The zero-order chi connectivity index (χ0) is 15.4. The zero-order valence-electron chi connectivity index (χ0n) is 11.9. The molecule has 0 aromatic heterocycles. The van der Waals surface area contributed by atoms with Gasteiger partial charge in [0.25, 0.3) is 5.91 Å². The van der Waals surface area contributed by atoms with Gasteiger partial charge in [0, 0.05) is 5.56 Å². The van der Waals surface area contributed by atoms with Gasteiger partial charge in [0.2, 0.25) is 0 Å². The Morgan fingerprint density at radius 3 is 2.41 bits per heavy atom. The van der Waals surface area contributed by atoms with Gasteiger partial charge in [-0.15, -0.1) is 23.5 Å². The second-order valence-corrected chi connectivity index (χ2v) is 8.11. The molecule has 1 N–H and O–H groups in total. The highest BCUT2D eigenvalue weighted by Crippen LogP contribution is 2.43. The van der Waals surface area contributed by atoms with Crippen LogP contribution in [-0.2, 0) is 0 Å². The third-order valence-electron chi connectivity index (χ3n) is 3.39. The van der Waals surface area contributed by atoms with Crippen LogP contribution in [0.1, 0.15) is 26.9 Å². The van der Waals surface area contributed by atoms with Gasteiger partial charge in [-0.2, -0.15) is 0 Å². The summed E-state index contributed by atoms with van der Waals surface area (Å²) in [5.41, 5.74) is 2.56. The van der Waals surface area contributed by atoms with E-state index in [2.05, 4.69) is 17.4 Å². The lowest BCUT2D eigenvalue weighted by Gasteiger charge is -2.21. The molecule has 1 aliphatic heterocycles. The number of nitrogens with one attached hydrogen (secondary N) is 1. The minimum atomic E-state index is -0.136. The second-order valence-electron chi connectivity index (χ2n) is 4.98. The van der Waals surface area contributed by atoms with E-state index in [4.69, 9.17) is 11.6 Å². The molecular weight excluding hydrogens is 334 g/mol. The lowest BCUT2D eigenvalue weighted by molar-refractivity contribution is 0.102. The molecule has 0 atom stereocenters. The fourth-order valence-corrected chi connectivity index (χ4v) is 5.31. The van der Waals surface area contributed by atoms with Gasteiger partial charge in [-0.3, -0.25) is 4.79 Å². The molecule has 1 amide bonds. The SMILES string of the molecule is O=C(Nc1ccccc1Cl)c1ccc(C2SCCCS2)cc1. The van der Waals surface area contributed by atoms with Gasteiger partial charge in [-0.05, 0) is 47.8 Å². The molecule has 1 heterocycles. The Morgan fingerprint density at radius 2 is 1.73 bits per heavy atom. The maximum atomic E-state index is 12.3. The number of benzene rings is 2. The fourth-order valence-electron chi connectivity index (χ4n) is 2.23. The van der Waals surface area contributed by atoms with Crippen LogP contribution in [0.15, 0.2) is 48.5 Å². The smallest absolute Gasteiger partial charge is 0.255 e. The molecule has 1 aliphatic rings. The molecule has 1 fully saturated rings. The molecule has 2 aromatic carbocycles. The lowest BCUT2D eigenvalue weighted by Crippen LogP contribution is -2.12. The summed E-state index contributed by atoms with van der Waals surface area (Å²) in [5, 5.41) is 3.39. The number of rotatable bonds is 3. The van der Waals surface area contributed by atoms with Gasteiger partial charge in [0.15, 0.2) is 0 Å². The van der Waals surface area contributed by atoms with Crippen molar-refractivity contribution in [1.29, 1.82) is 0 Å². The molecule has 0 unspecified atom stereocenters. The van der Waals surface area contributed by atoms with Crippen molar-refractivity contribution in [3.8, 4) is 0 Å². The van der Waals surface area contributed by atoms with E-state index in [1.165, 1.54) is 23.5 Å². The molecule has 2 nitrogen and oxygen atoms in total. The maximum absolute atomic E-state index is 12.3. The van der Waals surface area contributed by atoms with E-state index in [0.29, 0.717) is 20.9 Å². The number of hydrogen-bond donors (Lipinski definition) is 1. The molecule has 0 spiro atoms. The first kappa shape index (κ1) is 15.8. The number of thioether (sulfide) groups is 2. The van der Waals surface area contributed by atoms with E-state index >= 15 is 0 Å². The molecule has 5 heteroatoms. The number of carbonyl (C=O) groups excluding carboxylic acids is 1. The molecule has 0 bridgehead atoms. The largest absolute Gasteiger partial charge is 0.321 e. The first-order chi connectivity index (χ1) is 10.7. The van der Waals surface area contributed by atoms with Gasteiger partial charge in [-0.25, -0.2) is 0 Å². The highest BCUT2D eigenvalue weighted by atomic mass is 35.5. The van der Waals surface area contributed by atoms with Crippen LogP contribution >= 0.6 is 35.1 Å². The third kappa shape index (κ3) is 3.80. The standard InChI is InChI=1S/C17H16ClNOS2/c18-14-4-1-2-5-15(14)19-16(20)12-6-8-13(9-7-12)17-21-10-3-11-22-17/h1-2,4-9,17H,3,10-11H2,(H,19,20). The molecule has 2 aromatic rings. The molecule has 114 valence electrons. The van der Waals surface area contributed by atoms with Crippen molar-refractivity contribution in [2.24, 2.45) is 0 Å². The highest BCUT2D eigenvalue weighted by molar-refractivity contribution is 8.16. The minimum Gasteiger partial charge on any atom is -0.321 e. The van der Waals surface area contributed by atoms with Crippen molar-refractivity contribution < 1.29 is 4.79 Å². The monoisotopic (exact) mass is 349 g/mol. The van der Waals surface area contributed by atoms with Crippen molar-refractivity contribution >= 4 is 46.7 Å². The van der Waals surface area contributed by atoms with E-state index in [0.717, 1.165) is 0 Å². The predicted octanol–water partition coefficient (Wildman–Crippen LogP) is 5.46. The van der Waals surface area contributed by atoms with Crippen LogP contribution in [0, 0.1) is 0 Å². The summed E-state index contributed by atoms with van der Waals surface area (Å²) in [6.45, 7) is 0. The quantitative estimate of drug-likeness (QED) is 0.797. The average molecular weight is 350 g/mol. The highest BCUT2D eigenvalue weighted by Gasteiger charge is 2.17. The van der Waals surface area contributed by atoms with Crippen molar-refractivity contribution in [2.75, 3.05) is 16.8 Å². The summed E-state index contributed by atoms with van der Waals surface area (Å²) in [6, 6.07) is 15.1. The normalized spacial score (nSPS) is 15.5. The van der Waals surface area contributed by atoms with Crippen LogP contribution < -0.4 is 5.32 Å². The van der Waals surface area contributed by atoms with Crippen molar-refractivity contribution in [2.45, 2.75) is 11.0 Å². The molecule has 1 saturated heterocycles. The molecule has 22 heavy (non-hydrogen) atoms. The van der Waals surface area contributed by atoms with Crippen LogP contribution in [0.25, 0.3) is 0 Å². The Balaban J connectivity index is 1.69. The van der Waals surface area contributed by atoms with Gasteiger partial charge in [0.1, 0.15) is 0 Å². The van der Waals surface area contributed by atoms with Crippen LogP contribution in [0.4, 0.5) is 5.69 Å². The second kappa shape index (κ2) is 7.44. The number of halogens is 1. The number of amides is 1. The minimum absolute atomic E-state index is 0.136. The van der Waals surface area contributed by atoms with E-state index < -0.39 is 0 Å². The van der Waals surface area contributed by atoms with E-state index in [9.17, 15) is 4.79 Å². The lowest BCUT2D eigenvalue weighted by atomic mass is 10.1. The summed E-state index contributed by atoms with van der Waals surface area (Å²) < 4.78 is 0.495. The number of hydrogen-bond acceptors (Lipinski definition) is 3. The molecule has 0 radical (unpaired) electrons. The zero-order valence-corrected chi connectivity index (χ0v) is 14.3. The third-order valence-corrected chi connectivity index (χ3v) is 6.74. The molecule has 0 saturated carbocycles. The van der Waals surface area contributed by atoms with E-state index in [1.54, 1.807) is 12.1 Å². The van der Waals surface area contributed by atoms with Crippen LogP contribution in [-0.4, -0.2) is 17.4 Å². The molecule has 3 rings (SSSR count). The van der Waals surface area contributed by atoms with Gasteiger partial charge < -0.3 is 5.32 Å². The van der Waals surface area contributed by atoms with Crippen LogP contribution in [0.3, 0.4) is 0 Å². The van der Waals surface area contributed by atoms with Crippen LogP contribution in [0.5, 0.6) is 0 Å². The Labute approximate surface area is 144 Å². The first-order valence-electron chi connectivity index (χ1n) is 7.13. The van der Waals surface area contributed by atoms with Gasteiger partial charge >= 0.3 is 0 Å². The number of para-hydroxylation sites is 1. The van der Waals surface area contributed by atoms with Gasteiger partial charge in [-0.1, -0.05) is 35.9 Å². The first-order valence-corrected chi connectivity index (χ1v) is 9.60. The van der Waals surface area contributed by atoms with Crippen molar-refractivity contribution in [3.05, 3.63) is 64.7 Å². The number of anilines is 1. The topological polar surface area (TPSA) is 29.1 Å². The van der Waals surface area contributed by atoms with Crippen molar-refractivity contribution in [1.82, 2.24) is 0 Å². The number of carbonyl (C=O) groups is 1. The Morgan fingerprint density at radius 1 is 1.05 bits per heavy atom. The fraction of sp³-hybridized carbons (Fsp3) is 0.235. The van der Waals surface area contributed by atoms with Crippen LogP contribution in [0.2, 0.25) is 5.02 Å². The summed E-state index contributed by atoms with van der Waals surface area (Å²) >= 11 is 10.0. The van der Waals surface area contributed by atoms with E-state index in [-0.39, 0.29) is 5.91 Å².